The Hall–Kier alpha value is -1.12. The second kappa shape index (κ2) is 10.8. The molecule has 0 unspecified atom stereocenters. The van der Waals surface area contributed by atoms with Gasteiger partial charge in [-0.3, -0.25) is 4.79 Å². The summed E-state index contributed by atoms with van der Waals surface area (Å²) in [5.41, 5.74) is 0. The minimum atomic E-state index is -3.52. The molecule has 0 spiro atoms. The summed E-state index contributed by atoms with van der Waals surface area (Å²) in [4.78, 5) is 19.0. The predicted molar refractivity (Wildman–Crippen MR) is 116 cm³/mol. The van der Waals surface area contributed by atoms with Gasteiger partial charge in [-0.05, 0) is 37.8 Å². The number of thioether (sulfide) groups is 1. The maximum atomic E-state index is 12.9. The molecule has 29 heavy (non-hydrogen) atoms. The number of likely N-dealkylation sites (tertiary alicyclic amines) is 1. The molecular weight excluding hydrogens is 406 g/mol. The van der Waals surface area contributed by atoms with Gasteiger partial charge in [0.2, 0.25) is 15.9 Å². The van der Waals surface area contributed by atoms with E-state index in [2.05, 4.69) is 4.98 Å². The molecule has 0 atom stereocenters. The van der Waals surface area contributed by atoms with E-state index in [-0.39, 0.29) is 16.8 Å². The number of sulfonamides is 1. The molecule has 0 N–H and O–H groups in total. The van der Waals surface area contributed by atoms with Gasteiger partial charge in [0.25, 0.3) is 0 Å². The van der Waals surface area contributed by atoms with Crippen LogP contribution in [-0.4, -0.2) is 60.4 Å². The number of rotatable bonds is 6. The highest BCUT2D eigenvalue weighted by molar-refractivity contribution is 7.99. The number of aromatic nitrogens is 1. The van der Waals surface area contributed by atoms with Crippen LogP contribution < -0.4 is 0 Å². The summed E-state index contributed by atoms with van der Waals surface area (Å²) in [6.45, 7) is 1.69. The third-order valence-corrected chi connectivity index (χ3v) is 8.85. The molecule has 1 aliphatic heterocycles. The van der Waals surface area contributed by atoms with Crippen LogP contribution >= 0.6 is 11.8 Å². The number of nitrogens with zero attached hydrogens (tertiary/aromatic N) is 3. The van der Waals surface area contributed by atoms with Crippen molar-refractivity contribution in [3.05, 3.63) is 18.3 Å². The van der Waals surface area contributed by atoms with Crippen LogP contribution in [0.3, 0.4) is 0 Å². The first-order chi connectivity index (χ1) is 14.0. The standard InChI is InChI=1S/C21H33N3O3S2/c1-23(18-10-6-5-7-11-18)29(26,27)19-12-13-20(22-16-19)28-17-21(25)24-14-8-3-2-4-9-15-24/h12-13,16,18H,2-11,14-15,17H2,1H3. The lowest BCUT2D eigenvalue weighted by Crippen LogP contribution is -2.38. The molecule has 1 aromatic heterocycles. The quantitative estimate of drug-likeness (QED) is 0.628. The van der Waals surface area contributed by atoms with Crippen LogP contribution in [0.5, 0.6) is 0 Å². The average molecular weight is 440 g/mol. The van der Waals surface area contributed by atoms with Crippen LogP contribution in [0.25, 0.3) is 0 Å². The highest BCUT2D eigenvalue weighted by Crippen LogP contribution is 2.27. The normalized spacial score (nSPS) is 19.7. The lowest BCUT2D eigenvalue weighted by atomic mass is 9.96. The Morgan fingerprint density at radius 1 is 1.07 bits per heavy atom. The first kappa shape index (κ1) is 22.6. The van der Waals surface area contributed by atoms with Gasteiger partial charge in [-0.15, -0.1) is 0 Å². The van der Waals surface area contributed by atoms with E-state index in [4.69, 9.17) is 0 Å². The second-order valence-corrected chi connectivity index (χ2v) is 11.1. The van der Waals surface area contributed by atoms with E-state index in [9.17, 15) is 13.2 Å². The van der Waals surface area contributed by atoms with Crippen molar-refractivity contribution in [2.45, 2.75) is 80.2 Å². The van der Waals surface area contributed by atoms with Crippen molar-refractivity contribution in [3.8, 4) is 0 Å². The molecule has 0 radical (unpaired) electrons. The number of hydrogen-bond donors (Lipinski definition) is 0. The van der Waals surface area contributed by atoms with Crippen molar-refractivity contribution < 1.29 is 13.2 Å². The minimum Gasteiger partial charge on any atom is -0.342 e. The summed E-state index contributed by atoms with van der Waals surface area (Å²) in [7, 11) is -1.85. The number of hydrogen-bond acceptors (Lipinski definition) is 5. The van der Waals surface area contributed by atoms with Crippen LogP contribution in [0.4, 0.5) is 0 Å². The highest BCUT2D eigenvalue weighted by Gasteiger charge is 2.29. The summed E-state index contributed by atoms with van der Waals surface area (Å²) < 4.78 is 27.3. The van der Waals surface area contributed by atoms with Gasteiger partial charge in [-0.2, -0.15) is 4.31 Å². The van der Waals surface area contributed by atoms with Crippen molar-refractivity contribution in [1.29, 1.82) is 0 Å². The monoisotopic (exact) mass is 439 g/mol. The zero-order valence-corrected chi connectivity index (χ0v) is 19.0. The molecule has 1 aromatic rings. The van der Waals surface area contributed by atoms with Crippen molar-refractivity contribution in [1.82, 2.24) is 14.2 Å². The van der Waals surface area contributed by atoms with E-state index in [0.717, 1.165) is 51.6 Å². The molecule has 6 nitrogen and oxygen atoms in total. The Kier molecular flexibility index (Phi) is 8.38. The van der Waals surface area contributed by atoms with E-state index in [1.807, 2.05) is 4.90 Å². The zero-order valence-electron chi connectivity index (χ0n) is 17.4. The molecule has 1 amide bonds. The zero-order chi connectivity index (χ0) is 20.7. The Balaban J connectivity index is 1.55. The number of carbonyl (C=O) groups excluding carboxylic acids is 1. The highest BCUT2D eigenvalue weighted by atomic mass is 32.2. The van der Waals surface area contributed by atoms with E-state index in [0.29, 0.717) is 10.8 Å². The summed E-state index contributed by atoms with van der Waals surface area (Å²) >= 11 is 1.38. The largest absolute Gasteiger partial charge is 0.342 e. The Labute approximate surface area is 179 Å². The molecule has 2 heterocycles. The first-order valence-electron chi connectivity index (χ1n) is 10.8. The fourth-order valence-electron chi connectivity index (χ4n) is 4.14. The topological polar surface area (TPSA) is 70.6 Å². The molecule has 1 saturated carbocycles. The van der Waals surface area contributed by atoms with Gasteiger partial charge < -0.3 is 4.90 Å². The summed E-state index contributed by atoms with van der Waals surface area (Å²) in [6.07, 6.45) is 12.5. The van der Waals surface area contributed by atoms with Gasteiger partial charge >= 0.3 is 0 Å². The predicted octanol–water partition coefficient (Wildman–Crippen LogP) is 3.92. The maximum absolute atomic E-state index is 12.9. The van der Waals surface area contributed by atoms with Gasteiger partial charge in [0.1, 0.15) is 4.90 Å². The maximum Gasteiger partial charge on any atom is 0.244 e. The number of amides is 1. The fraction of sp³-hybridized carbons (Fsp3) is 0.714. The van der Waals surface area contributed by atoms with E-state index in [1.165, 1.54) is 47.9 Å². The summed E-state index contributed by atoms with van der Waals surface area (Å²) in [5.74, 6) is 0.494. The van der Waals surface area contributed by atoms with E-state index < -0.39 is 10.0 Å². The van der Waals surface area contributed by atoms with Gasteiger partial charge in [0.05, 0.1) is 10.8 Å². The molecule has 1 aliphatic carbocycles. The summed E-state index contributed by atoms with van der Waals surface area (Å²) in [6, 6.07) is 3.41. The molecule has 8 heteroatoms. The van der Waals surface area contributed by atoms with Crippen LogP contribution in [-0.2, 0) is 14.8 Å². The fourth-order valence-corrected chi connectivity index (χ4v) is 6.24. The third-order valence-electron chi connectivity index (χ3n) is 6.03. The van der Waals surface area contributed by atoms with E-state index >= 15 is 0 Å². The van der Waals surface area contributed by atoms with Crippen LogP contribution in [0.15, 0.2) is 28.3 Å². The van der Waals surface area contributed by atoms with Crippen LogP contribution in [0.2, 0.25) is 0 Å². The Morgan fingerprint density at radius 2 is 1.69 bits per heavy atom. The molecule has 1 saturated heterocycles. The van der Waals surface area contributed by atoms with Gasteiger partial charge in [-0.25, -0.2) is 13.4 Å². The van der Waals surface area contributed by atoms with Crippen molar-refractivity contribution >= 4 is 27.7 Å². The molecular formula is C21H33N3O3S2. The number of pyridine rings is 1. The van der Waals surface area contributed by atoms with Crippen molar-refractivity contribution in [2.75, 3.05) is 25.9 Å². The minimum absolute atomic E-state index is 0.0817. The van der Waals surface area contributed by atoms with Gasteiger partial charge in [0.15, 0.2) is 0 Å². The lowest BCUT2D eigenvalue weighted by Gasteiger charge is -2.30. The SMILES string of the molecule is CN(C1CCCCC1)S(=O)(=O)c1ccc(SCC(=O)N2CCCCCCC2)nc1. The molecule has 0 bridgehead atoms. The van der Waals surface area contributed by atoms with Crippen molar-refractivity contribution in [3.63, 3.8) is 0 Å². The Morgan fingerprint density at radius 3 is 2.31 bits per heavy atom. The second-order valence-electron chi connectivity index (χ2n) is 8.08. The molecule has 0 aromatic carbocycles. The lowest BCUT2D eigenvalue weighted by molar-refractivity contribution is -0.128. The molecule has 2 aliphatic rings. The molecule has 2 fully saturated rings. The summed E-state index contributed by atoms with van der Waals surface area (Å²) in [5, 5.41) is 0.685. The van der Waals surface area contributed by atoms with E-state index in [1.54, 1.807) is 19.2 Å². The van der Waals surface area contributed by atoms with Crippen LogP contribution in [0.1, 0.15) is 64.2 Å². The van der Waals surface area contributed by atoms with Gasteiger partial charge in [-0.1, -0.05) is 50.3 Å². The Bertz CT molecular complexity index is 754. The van der Waals surface area contributed by atoms with Crippen LogP contribution in [0, 0.1) is 0 Å². The smallest absolute Gasteiger partial charge is 0.244 e. The number of carbonyl (C=O) groups is 1. The van der Waals surface area contributed by atoms with Gasteiger partial charge in [0, 0.05) is 32.4 Å². The first-order valence-corrected chi connectivity index (χ1v) is 13.3. The molecule has 162 valence electrons. The third kappa shape index (κ3) is 6.18. The molecule has 3 rings (SSSR count). The van der Waals surface area contributed by atoms with Crippen molar-refractivity contribution in [2.24, 2.45) is 0 Å². The average Bonchev–Trinajstić information content (AvgIpc) is 2.72.